The van der Waals surface area contributed by atoms with Crippen LogP contribution in [-0.2, 0) is 0 Å². The zero-order valence-electron chi connectivity index (χ0n) is 4.52. The Labute approximate surface area is 44.0 Å². The highest BCUT2D eigenvalue weighted by Crippen LogP contribution is 2.32. The Bertz CT molecular complexity index is 101. The van der Waals surface area contributed by atoms with Crippen molar-refractivity contribution in [2.24, 2.45) is 11.8 Å². The Morgan fingerprint density at radius 3 is 2.29 bits per heavy atom. The fourth-order valence-electron chi connectivity index (χ4n) is 0.858. The van der Waals surface area contributed by atoms with Crippen LogP contribution in [0.3, 0.4) is 0 Å². The largest absolute Gasteiger partial charge is 0.198 e. The fourth-order valence-corrected chi connectivity index (χ4v) is 0.858. The van der Waals surface area contributed by atoms with Crippen molar-refractivity contribution in [2.45, 2.75) is 19.8 Å². The van der Waals surface area contributed by atoms with Crippen LogP contribution in [0.5, 0.6) is 0 Å². The van der Waals surface area contributed by atoms with Crippen LogP contribution in [0.4, 0.5) is 0 Å². The van der Waals surface area contributed by atoms with Gasteiger partial charge in [0.1, 0.15) is 0 Å². The van der Waals surface area contributed by atoms with Crippen molar-refractivity contribution in [1.29, 1.82) is 5.26 Å². The van der Waals surface area contributed by atoms with E-state index in [4.69, 9.17) is 5.26 Å². The summed E-state index contributed by atoms with van der Waals surface area (Å²) in [5.74, 6) is 1.07. The molecule has 0 heterocycles. The van der Waals surface area contributed by atoms with E-state index in [0.29, 0.717) is 11.8 Å². The number of rotatable bonds is 0. The molecule has 1 rings (SSSR count). The molecule has 0 aromatic rings. The summed E-state index contributed by atoms with van der Waals surface area (Å²) in [4.78, 5) is 0. The molecule has 0 unspecified atom stereocenters. The molecule has 1 aliphatic carbocycles. The van der Waals surface area contributed by atoms with E-state index in [0.717, 1.165) is 6.42 Å². The van der Waals surface area contributed by atoms with Gasteiger partial charge in [-0.25, -0.2) is 0 Å². The molecule has 1 fully saturated rings. The maximum atomic E-state index is 8.31. The second-order valence-electron chi connectivity index (χ2n) is 2.29. The van der Waals surface area contributed by atoms with Crippen molar-refractivity contribution >= 4 is 0 Å². The Morgan fingerprint density at radius 2 is 2.29 bits per heavy atom. The van der Waals surface area contributed by atoms with E-state index in [-0.39, 0.29) is 0 Å². The monoisotopic (exact) mass is 95.1 g/mol. The van der Waals surface area contributed by atoms with Gasteiger partial charge in [0, 0.05) is 5.92 Å². The normalized spacial score (nSPS) is 38.9. The lowest BCUT2D eigenvalue weighted by Gasteiger charge is -2.26. The maximum absolute atomic E-state index is 8.31. The third-order valence-electron chi connectivity index (χ3n) is 1.79. The van der Waals surface area contributed by atoms with Crippen LogP contribution >= 0.6 is 0 Å². The smallest absolute Gasteiger partial charge is 0.0658 e. The molecule has 0 aromatic heterocycles. The zero-order valence-corrected chi connectivity index (χ0v) is 4.52. The van der Waals surface area contributed by atoms with Gasteiger partial charge in [0.05, 0.1) is 6.07 Å². The van der Waals surface area contributed by atoms with E-state index in [1.54, 1.807) is 0 Å². The molecule has 1 saturated carbocycles. The summed E-state index contributed by atoms with van der Waals surface area (Å²) in [7, 11) is 0. The molecule has 2 atom stereocenters. The van der Waals surface area contributed by atoms with Gasteiger partial charge in [-0.05, 0) is 18.8 Å². The third-order valence-corrected chi connectivity index (χ3v) is 1.79. The molecule has 7 heavy (non-hydrogen) atoms. The minimum atomic E-state index is 0.389. The summed E-state index contributed by atoms with van der Waals surface area (Å²) < 4.78 is 0. The highest BCUT2D eigenvalue weighted by atomic mass is 14.4. The minimum Gasteiger partial charge on any atom is -0.198 e. The lowest BCUT2D eigenvalue weighted by Crippen LogP contribution is -2.20. The average Bonchev–Trinajstić information content (AvgIpc) is 1.65. The van der Waals surface area contributed by atoms with Crippen molar-refractivity contribution in [3.63, 3.8) is 0 Å². The Kier molecular flexibility index (Phi) is 1.02. The number of nitriles is 1. The Hall–Kier alpha value is -0.510. The summed E-state index contributed by atoms with van der Waals surface area (Å²) in [6.07, 6.45) is 2.40. The van der Waals surface area contributed by atoms with Crippen LogP contribution in [-0.4, -0.2) is 0 Å². The van der Waals surface area contributed by atoms with Gasteiger partial charge < -0.3 is 0 Å². The minimum absolute atomic E-state index is 0.389. The van der Waals surface area contributed by atoms with Gasteiger partial charge in [-0.15, -0.1) is 0 Å². The van der Waals surface area contributed by atoms with Gasteiger partial charge in [-0.1, -0.05) is 6.92 Å². The molecule has 0 aromatic carbocycles. The lowest BCUT2D eigenvalue weighted by molar-refractivity contribution is 0.259. The summed E-state index contributed by atoms with van der Waals surface area (Å²) >= 11 is 0. The summed E-state index contributed by atoms with van der Waals surface area (Å²) in [5, 5.41) is 8.31. The highest BCUT2D eigenvalue weighted by Gasteiger charge is 2.25. The molecule has 1 nitrogen and oxygen atoms in total. The van der Waals surface area contributed by atoms with Crippen LogP contribution in [0.1, 0.15) is 19.8 Å². The lowest BCUT2D eigenvalue weighted by atomic mass is 9.76. The first-order valence-electron chi connectivity index (χ1n) is 2.74. The van der Waals surface area contributed by atoms with Crippen LogP contribution in [0.25, 0.3) is 0 Å². The van der Waals surface area contributed by atoms with Gasteiger partial charge >= 0.3 is 0 Å². The van der Waals surface area contributed by atoms with Crippen LogP contribution in [0, 0.1) is 23.2 Å². The van der Waals surface area contributed by atoms with E-state index in [2.05, 4.69) is 13.0 Å². The van der Waals surface area contributed by atoms with Gasteiger partial charge in [-0.3, -0.25) is 0 Å². The maximum Gasteiger partial charge on any atom is 0.0658 e. The molecule has 0 spiro atoms. The first kappa shape index (κ1) is 4.64. The summed E-state index contributed by atoms with van der Waals surface area (Å²) in [5.41, 5.74) is 0. The van der Waals surface area contributed by atoms with Gasteiger partial charge in [0.25, 0.3) is 0 Å². The van der Waals surface area contributed by atoms with Crippen LogP contribution < -0.4 is 0 Å². The van der Waals surface area contributed by atoms with E-state index < -0.39 is 0 Å². The first-order chi connectivity index (χ1) is 3.34. The molecule has 0 bridgehead atoms. The molecular weight excluding hydrogens is 86.1 g/mol. The van der Waals surface area contributed by atoms with E-state index in [9.17, 15) is 0 Å². The highest BCUT2D eigenvalue weighted by molar-refractivity contribution is 4.93. The SMILES string of the molecule is C[C@H]1CC[C@@H]1C#N. The second-order valence-corrected chi connectivity index (χ2v) is 2.29. The number of hydrogen-bond acceptors (Lipinski definition) is 1. The zero-order chi connectivity index (χ0) is 5.28. The first-order valence-corrected chi connectivity index (χ1v) is 2.74. The molecule has 0 radical (unpaired) electrons. The molecule has 0 N–H and O–H groups in total. The molecule has 0 aliphatic heterocycles. The fraction of sp³-hybridized carbons (Fsp3) is 0.833. The molecular formula is C6H9N. The van der Waals surface area contributed by atoms with Crippen molar-refractivity contribution in [2.75, 3.05) is 0 Å². The standard InChI is InChI=1S/C6H9N/c1-5-2-3-6(5)4-7/h5-6H,2-3H2,1H3/t5-,6+/m0/s1. The van der Waals surface area contributed by atoms with E-state index >= 15 is 0 Å². The van der Waals surface area contributed by atoms with Crippen molar-refractivity contribution in [3.05, 3.63) is 0 Å². The van der Waals surface area contributed by atoms with Crippen LogP contribution in [0.2, 0.25) is 0 Å². The molecule has 1 aliphatic rings. The van der Waals surface area contributed by atoms with E-state index in [1.807, 2.05) is 0 Å². The number of hydrogen-bond donors (Lipinski definition) is 0. The van der Waals surface area contributed by atoms with Crippen LogP contribution in [0.15, 0.2) is 0 Å². The van der Waals surface area contributed by atoms with Gasteiger partial charge in [-0.2, -0.15) is 5.26 Å². The Morgan fingerprint density at radius 1 is 1.57 bits per heavy atom. The second kappa shape index (κ2) is 1.54. The van der Waals surface area contributed by atoms with Crippen molar-refractivity contribution in [1.82, 2.24) is 0 Å². The third kappa shape index (κ3) is 0.608. The molecule has 38 valence electrons. The Balaban J connectivity index is 2.33. The van der Waals surface area contributed by atoms with Crippen molar-refractivity contribution < 1.29 is 0 Å². The number of nitrogens with zero attached hydrogens (tertiary/aromatic N) is 1. The molecule has 0 saturated heterocycles. The summed E-state index contributed by atoms with van der Waals surface area (Å²) in [6.45, 7) is 2.14. The predicted octanol–water partition coefficient (Wildman–Crippen LogP) is 1.56. The quantitative estimate of drug-likeness (QED) is 0.448. The van der Waals surface area contributed by atoms with E-state index in [1.165, 1.54) is 6.42 Å². The van der Waals surface area contributed by atoms with Gasteiger partial charge in [0.15, 0.2) is 0 Å². The predicted molar refractivity (Wildman–Crippen MR) is 27.5 cm³/mol. The average molecular weight is 95.1 g/mol. The molecule has 1 heteroatoms. The summed E-state index contributed by atoms with van der Waals surface area (Å²) in [6, 6.07) is 2.25. The van der Waals surface area contributed by atoms with Crippen molar-refractivity contribution in [3.8, 4) is 6.07 Å². The topological polar surface area (TPSA) is 23.8 Å². The van der Waals surface area contributed by atoms with Gasteiger partial charge in [0.2, 0.25) is 0 Å². The molecule has 0 amide bonds.